The van der Waals surface area contributed by atoms with Crippen molar-refractivity contribution in [1.82, 2.24) is 0 Å². The molecule has 1 unspecified atom stereocenters. The molecule has 106 valence electrons. The highest BCUT2D eigenvalue weighted by atomic mass is 16.5. The number of aliphatic hydroxyl groups excluding tert-OH is 2. The Balaban J connectivity index is 2.07. The molecule has 0 aliphatic carbocycles. The van der Waals surface area contributed by atoms with Crippen LogP contribution in [0.4, 0.5) is 11.4 Å². The van der Waals surface area contributed by atoms with Gasteiger partial charge in [-0.1, -0.05) is 0 Å². The fourth-order valence-electron chi connectivity index (χ4n) is 2.31. The summed E-state index contributed by atoms with van der Waals surface area (Å²) in [6.45, 7) is 2.23. The fourth-order valence-corrected chi connectivity index (χ4v) is 2.31. The summed E-state index contributed by atoms with van der Waals surface area (Å²) in [5.74, 6) is 0.838. The van der Waals surface area contributed by atoms with Crippen molar-refractivity contribution in [2.45, 2.75) is 18.9 Å². The number of ether oxygens (including phenoxy) is 1. The Morgan fingerprint density at radius 3 is 2.74 bits per heavy atom. The monoisotopic (exact) mass is 266 g/mol. The molecule has 0 saturated carbocycles. The summed E-state index contributed by atoms with van der Waals surface area (Å²) >= 11 is 0. The third kappa shape index (κ3) is 3.52. The first-order valence-corrected chi connectivity index (χ1v) is 6.70. The van der Waals surface area contributed by atoms with Gasteiger partial charge in [0.1, 0.15) is 5.75 Å². The van der Waals surface area contributed by atoms with E-state index in [9.17, 15) is 5.11 Å². The zero-order valence-corrected chi connectivity index (χ0v) is 11.3. The van der Waals surface area contributed by atoms with Crippen LogP contribution in [0, 0.1) is 0 Å². The highest BCUT2D eigenvalue weighted by Gasteiger charge is 2.16. The molecule has 3 N–H and O–H groups in total. The third-order valence-corrected chi connectivity index (χ3v) is 3.38. The van der Waals surface area contributed by atoms with Gasteiger partial charge in [-0.25, -0.2) is 0 Å². The number of hydrogen-bond donors (Lipinski definition) is 3. The second-order valence-electron chi connectivity index (χ2n) is 4.80. The molecule has 1 aromatic rings. The van der Waals surface area contributed by atoms with Crippen molar-refractivity contribution in [2.75, 3.05) is 43.6 Å². The van der Waals surface area contributed by atoms with Crippen LogP contribution in [0.2, 0.25) is 0 Å². The topological polar surface area (TPSA) is 65.0 Å². The highest BCUT2D eigenvalue weighted by Crippen LogP contribution is 2.33. The van der Waals surface area contributed by atoms with Crippen molar-refractivity contribution in [2.24, 2.45) is 0 Å². The summed E-state index contributed by atoms with van der Waals surface area (Å²) in [4.78, 5) is 2.32. The predicted octanol–water partition coefficient (Wildman–Crippen LogP) is 1.06. The van der Waals surface area contributed by atoms with Gasteiger partial charge in [0.15, 0.2) is 0 Å². The summed E-state index contributed by atoms with van der Waals surface area (Å²) in [7, 11) is 1.67. The summed E-state index contributed by atoms with van der Waals surface area (Å²) < 4.78 is 5.44. The number of rotatable bonds is 6. The first kappa shape index (κ1) is 14.0. The summed E-state index contributed by atoms with van der Waals surface area (Å²) in [6.07, 6.45) is 1.71. The van der Waals surface area contributed by atoms with E-state index in [0.29, 0.717) is 6.54 Å². The molecule has 0 amide bonds. The van der Waals surface area contributed by atoms with Gasteiger partial charge < -0.3 is 25.2 Å². The number of anilines is 2. The maximum Gasteiger partial charge on any atom is 0.144 e. The van der Waals surface area contributed by atoms with E-state index in [2.05, 4.69) is 10.2 Å². The zero-order valence-electron chi connectivity index (χ0n) is 11.3. The molecule has 1 atom stereocenters. The minimum Gasteiger partial charge on any atom is -0.495 e. The highest BCUT2D eigenvalue weighted by molar-refractivity contribution is 5.65. The lowest BCUT2D eigenvalue weighted by Crippen LogP contribution is -2.23. The minimum atomic E-state index is -0.746. The third-order valence-electron chi connectivity index (χ3n) is 3.38. The average Bonchev–Trinajstić information content (AvgIpc) is 2.98. The number of nitrogens with zero attached hydrogens (tertiary/aromatic N) is 1. The normalized spacial score (nSPS) is 16.5. The molecule has 1 fully saturated rings. The molecule has 5 heteroatoms. The maximum atomic E-state index is 9.32. The summed E-state index contributed by atoms with van der Waals surface area (Å²) in [5.41, 5.74) is 2.00. The lowest BCUT2D eigenvalue weighted by atomic mass is 10.2. The number of methoxy groups -OCH3 is 1. The van der Waals surface area contributed by atoms with Crippen LogP contribution in [0.1, 0.15) is 12.8 Å². The van der Waals surface area contributed by atoms with Crippen molar-refractivity contribution in [3.8, 4) is 5.75 Å². The standard InChI is InChI=1S/C14H22N2O3/c1-19-14-8-11(15-9-12(18)10-17)4-5-13(14)16-6-2-3-7-16/h4-5,8,12,15,17-18H,2-3,6-7,9-10H2,1H3. The second-order valence-corrected chi connectivity index (χ2v) is 4.80. The molecule has 1 heterocycles. The van der Waals surface area contributed by atoms with E-state index in [1.165, 1.54) is 12.8 Å². The first-order chi connectivity index (χ1) is 9.24. The van der Waals surface area contributed by atoms with Gasteiger partial charge >= 0.3 is 0 Å². The molecule has 1 aliphatic rings. The smallest absolute Gasteiger partial charge is 0.144 e. The number of hydrogen-bond acceptors (Lipinski definition) is 5. The van der Waals surface area contributed by atoms with Gasteiger partial charge in [0.2, 0.25) is 0 Å². The number of nitrogens with one attached hydrogen (secondary N) is 1. The van der Waals surface area contributed by atoms with E-state index in [0.717, 1.165) is 30.2 Å². The predicted molar refractivity (Wildman–Crippen MR) is 76.0 cm³/mol. The number of benzene rings is 1. The van der Waals surface area contributed by atoms with Gasteiger partial charge in [-0.3, -0.25) is 0 Å². The van der Waals surface area contributed by atoms with Gasteiger partial charge in [-0.05, 0) is 25.0 Å². The Hall–Kier alpha value is -1.46. The van der Waals surface area contributed by atoms with Crippen LogP contribution in [0.5, 0.6) is 5.75 Å². The minimum absolute atomic E-state index is 0.240. The lowest BCUT2D eigenvalue weighted by Gasteiger charge is -2.21. The zero-order chi connectivity index (χ0) is 13.7. The molecule has 1 aromatic carbocycles. The second kappa shape index (κ2) is 6.63. The Bertz CT molecular complexity index is 406. The van der Waals surface area contributed by atoms with Crippen molar-refractivity contribution >= 4 is 11.4 Å². The number of aliphatic hydroxyl groups is 2. The Morgan fingerprint density at radius 2 is 2.11 bits per heavy atom. The average molecular weight is 266 g/mol. The van der Waals surface area contributed by atoms with E-state index in [-0.39, 0.29) is 6.61 Å². The molecule has 1 saturated heterocycles. The Labute approximate surface area is 113 Å². The van der Waals surface area contributed by atoms with E-state index in [1.807, 2.05) is 18.2 Å². The molecule has 0 aromatic heterocycles. The van der Waals surface area contributed by atoms with E-state index < -0.39 is 6.10 Å². The Kier molecular flexibility index (Phi) is 4.87. The van der Waals surface area contributed by atoms with Crippen LogP contribution in [0.15, 0.2) is 18.2 Å². The van der Waals surface area contributed by atoms with Crippen molar-refractivity contribution in [1.29, 1.82) is 0 Å². The fraction of sp³-hybridized carbons (Fsp3) is 0.571. The van der Waals surface area contributed by atoms with Crippen LogP contribution >= 0.6 is 0 Å². The van der Waals surface area contributed by atoms with Crippen molar-refractivity contribution in [3.63, 3.8) is 0 Å². The molecule has 0 bridgehead atoms. The van der Waals surface area contributed by atoms with Crippen LogP contribution in [-0.4, -0.2) is 49.7 Å². The molecule has 19 heavy (non-hydrogen) atoms. The first-order valence-electron chi connectivity index (χ1n) is 6.70. The van der Waals surface area contributed by atoms with Crippen molar-refractivity contribution in [3.05, 3.63) is 18.2 Å². The van der Waals surface area contributed by atoms with Gasteiger partial charge in [0.25, 0.3) is 0 Å². The van der Waals surface area contributed by atoms with Crippen LogP contribution in [-0.2, 0) is 0 Å². The van der Waals surface area contributed by atoms with Crippen LogP contribution in [0.3, 0.4) is 0 Å². The van der Waals surface area contributed by atoms with E-state index in [4.69, 9.17) is 9.84 Å². The maximum absolute atomic E-state index is 9.32. The molecule has 5 nitrogen and oxygen atoms in total. The molecule has 2 rings (SSSR count). The van der Waals surface area contributed by atoms with Crippen LogP contribution in [0.25, 0.3) is 0 Å². The van der Waals surface area contributed by atoms with Crippen molar-refractivity contribution < 1.29 is 14.9 Å². The SMILES string of the molecule is COc1cc(NCC(O)CO)ccc1N1CCCC1. The van der Waals surface area contributed by atoms with Gasteiger partial charge in [-0.15, -0.1) is 0 Å². The van der Waals surface area contributed by atoms with E-state index >= 15 is 0 Å². The van der Waals surface area contributed by atoms with Gasteiger partial charge in [-0.2, -0.15) is 0 Å². The molecule has 1 aliphatic heterocycles. The molecule has 0 spiro atoms. The molecular formula is C14H22N2O3. The molecule has 0 radical (unpaired) electrons. The summed E-state index contributed by atoms with van der Waals surface area (Å²) in [5, 5.41) is 21.2. The quantitative estimate of drug-likeness (QED) is 0.718. The molecular weight excluding hydrogens is 244 g/mol. The van der Waals surface area contributed by atoms with Gasteiger partial charge in [0.05, 0.1) is 25.5 Å². The Morgan fingerprint density at radius 1 is 1.37 bits per heavy atom. The van der Waals surface area contributed by atoms with Crippen LogP contribution < -0.4 is 15.0 Å². The largest absolute Gasteiger partial charge is 0.495 e. The lowest BCUT2D eigenvalue weighted by molar-refractivity contribution is 0.105. The van der Waals surface area contributed by atoms with Gasteiger partial charge in [0, 0.05) is 31.4 Å². The van der Waals surface area contributed by atoms with E-state index in [1.54, 1.807) is 7.11 Å². The summed E-state index contributed by atoms with van der Waals surface area (Å²) in [6, 6.07) is 5.94.